The third-order valence-corrected chi connectivity index (χ3v) is 7.06. The first-order valence-corrected chi connectivity index (χ1v) is 11.8. The fraction of sp³-hybridized carbons (Fsp3) is 0.583. The van der Waals surface area contributed by atoms with Crippen molar-refractivity contribution in [3.8, 4) is 6.07 Å². The van der Waals surface area contributed by atoms with Crippen LogP contribution in [-0.2, 0) is 16.1 Å². The van der Waals surface area contributed by atoms with Gasteiger partial charge in [0.05, 0.1) is 18.2 Å². The number of hydrogen-bond acceptors (Lipinski definition) is 6. The van der Waals surface area contributed by atoms with Gasteiger partial charge in [0.25, 0.3) is 11.8 Å². The number of nitriles is 1. The van der Waals surface area contributed by atoms with E-state index in [1.165, 1.54) is 0 Å². The van der Waals surface area contributed by atoms with Crippen LogP contribution in [0.3, 0.4) is 0 Å². The Kier molecular flexibility index (Phi) is 6.96. The summed E-state index contributed by atoms with van der Waals surface area (Å²) in [5.41, 5.74) is 3.50. The summed E-state index contributed by atoms with van der Waals surface area (Å²) in [6.07, 6.45) is 3.94. The summed E-state index contributed by atoms with van der Waals surface area (Å²) in [5.74, 6) is -0.138. The Hall–Kier alpha value is -2.96. The largest absolute Gasteiger partial charge is 0.344 e. The molecule has 4 rings (SSSR count). The van der Waals surface area contributed by atoms with Crippen molar-refractivity contribution >= 4 is 17.8 Å². The monoisotopic (exact) mass is 452 g/mol. The average Bonchev–Trinajstić information content (AvgIpc) is 2.94. The molecule has 2 aliphatic heterocycles. The molecular weight excluding hydrogens is 420 g/mol. The van der Waals surface area contributed by atoms with Gasteiger partial charge < -0.3 is 5.32 Å². The van der Waals surface area contributed by atoms with E-state index in [0.717, 1.165) is 62.6 Å². The van der Waals surface area contributed by atoms with Gasteiger partial charge in [0.1, 0.15) is 5.54 Å². The van der Waals surface area contributed by atoms with E-state index in [0.29, 0.717) is 24.3 Å². The molecular formula is C24H32N6O3. The topological polar surface area (TPSA) is 109 Å². The number of nitrogens with zero attached hydrogens (tertiary/aromatic N) is 4. The predicted octanol–water partition coefficient (Wildman–Crippen LogP) is 1.60. The minimum absolute atomic E-state index is 0.145. The van der Waals surface area contributed by atoms with Crippen molar-refractivity contribution in [3.63, 3.8) is 0 Å². The van der Waals surface area contributed by atoms with Crippen LogP contribution in [0.25, 0.3) is 0 Å². The SMILES string of the molecule is CC1CCC2(CC1)NC(=O)N(NC(=O)CN1CCCN(Cc3ccc(C#N)cc3)CC1)C2=O. The molecule has 0 aromatic heterocycles. The molecule has 3 aliphatic rings. The zero-order valence-corrected chi connectivity index (χ0v) is 19.2. The molecule has 3 fully saturated rings. The highest BCUT2D eigenvalue weighted by Gasteiger charge is 2.52. The van der Waals surface area contributed by atoms with E-state index in [1.54, 1.807) is 0 Å². The molecule has 1 spiro atoms. The molecule has 33 heavy (non-hydrogen) atoms. The summed E-state index contributed by atoms with van der Waals surface area (Å²) in [6.45, 7) is 6.34. The molecule has 2 heterocycles. The molecule has 1 aliphatic carbocycles. The molecule has 0 atom stereocenters. The van der Waals surface area contributed by atoms with E-state index in [-0.39, 0.29) is 18.4 Å². The minimum atomic E-state index is -0.856. The predicted molar refractivity (Wildman–Crippen MR) is 121 cm³/mol. The van der Waals surface area contributed by atoms with E-state index in [2.05, 4.69) is 33.5 Å². The first-order chi connectivity index (χ1) is 15.9. The number of amides is 4. The summed E-state index contributed by atoms with van der Waals surface area (Å²) < 4.78 is 0. The van der Waals surface area contributed by atoms with E-state index in [1.807, 2.05) is 24.3 Å². The Balaban J connectivity index is 1.26. The van der Waals surface area contributed by atoms with Gasteiger partial charge >= 0.3 is 6.03 Å². The van der Waals surface area contributed by atoms with Gasteiger partial charge in [-0.25, -0.2) is 4.79 Å². The van der Waals surface area contributed by atoms with Crippen LogP contribution in [0.4, 0.5) is 4.79 Å². The van der Waals surface area contributed by atoms with Crippen LogP contribution in [-0.4, -0.2) is 70.9 Å². The van der Waals surface area contributed by atoms with Gasteiger partial charge in [-0.2, -0.15) is 10.3 Å². The molecule has 0 radical (unpaired) electrons. The lowest BCUT2D eigenvalue weighted by molar-refractivity contribution is -0.140. The zero-order chi connectivity index (χ0) is 23.4. The number of urea groups is 1. The van der Waals surface area contributed by atoms with Crippen LogP contribution in [0, 0.1) is 17.2 Å². The number of hydrazine groups is 1. The Morgan fingerprint density at radius 2 is 1.79 bits per heavy atom. The normalized spacial score (nSPS) is 26.7. The first-order valence-electron chi connectivity index (χ1n) is 11.8. The summed E-state index contributed by atoms with van der Waals surface area (Å²) in [5, 5.41) is 12.7. The molecule has 4 amide bonds. The van der Waals surface area contributed by atoms with Crippen molar-refractivity contribution in [1.82, 2.24) is 25.6 Å². The third kappa shape index (κ3) is 5.34. The van der Waals surface area contributed by atoms with Crippen LogP contribution in [0.2, 0.25) is 0 Å². The van der Waals surface area contributed by atoms with Crippen LogP contribution in [0.1, 0.15) is 50.2 Å². The van der Waals surface area contributed by atoms with Crippen molar-refractivity contribution in [2.45, 2.75) is 51.1 Å². The number of hydrogen-bond donors (Lipinski definition) is 2. The van der Waals surface area contributed by atoms with Gasteiger partial charge in [0, 0.05) is 19.6 Å². The first kappa shape index (κ1) is 23.2. The smallest absolute Gasteiger partial charge is 0.322 e. The second-order valence-electron chi connectivity index (χ2n) is 9.58. The summed E-state index contributed by atoms with van der Waals surface area (Å²) in [6, 6.07) is 9.22. The maximum atomic E-state index is 12.9. The lowest BCUT2D eigenvalue weighted by Crippen LogP contribution is -2.53. The molecule has 1 saturated carbocycles. The van der Waals surface area contributed by atoms with E-state index >= 15 is 0 Å². The Morgan fingerprint density at radius 1 is 1.12 bits per heavy atom. The van der Waals surface area contributed by atoms with Crippen molar-refractivity contribution in [2.75, 3.05) is 32.7 Å². The van der Waals surface area contributed by atoms with Gasteiger partial charge in [0.2, 0.25) is 0 Å². The molecule has 9 heteroatoms. The molecule has 9 nitrogen and oxygen atoms in total. The van der Waals surface area contributed by atoms with Gasteiger partial charge in [-0.1, -0.05) is 19.1 Å². The second-order valence-corrected chi connectivity index (χ2v) is 9.58. The van der Waals surface area contributed by atoms with Crippen LogP contribution in [0.5, 0.6) is 0 Å². The van der Waals surface area contributed by atoms with Gasteiger partial charge in [-0.05, 0) is 68.8 Å². The number of benzene rings is 1. The van der Waals surface area contributed by atoms with Crippen molar-refractivity contribution in [2.24, 2.45) is 5.92 Å². The van der Waals surface area contributed by atoms with E-state index in [4.69, 9.17) is 5.26 Å². The van der Waals surface area contributed by atoms with E-state index in [9.17, 15) is 14.4 Å². The fourth-order valence-electron chi connectivity index (χ4n) is 4.96. The highest BCUT2D eigenvalue weighted by Crippen LogP contribution is 2.35. The molecule has 176 valence electrons. The van der Waals surface area contributed by atoms with Crippen molar-refractivity contribution in [3.05, 3.63) is 35.4 Å². The van der Waals surface area contributed by atoms with Crippen molar-refractivity contribution in [1.29, 1.82) is 5.26 Å². The Labute approximate surface area is 194 Å². The highest BCUT2D eigenvalue weighted by molar-refractivity contribution is 6.08. The van der Waals surface area contributed by atoms with E-state index < -0.39 is 11.6 Å². The summed E-state index contributed by atoms with van der Waals surface area (Å²) in [4.78, 5) is 42.4. The van der Waals surface area contributed by atoms with Gasteiger partial charge in [-0.3, -0.25) is 24.8 Å². The molecule has 2 N–H and O–H groups in total. The minimum Gasteiger partial charge on any atom is -0.322 e. The molecule has 0 unspecified atom stereocenters. The van der Waals surface area contributed by atoms with Crippen molar-refractivity contribution < 1.29 is 14.4 Å². The third-order valence-electron chi connectivity index (χ3n) is 7.06. The molecule has 1 aromatic carbocycles. The second kappa shape index (κ2) is 9.89. The van der Waals surface area contributed by atoms with Gasteiger partial charge in [0.15, 0.2) is 0 Å². The highest BCUT2D eigenvalue weighted by atomic mass is 16.2. The zero-order valence-electron chi connectivity index (χ0n) is 19.2. The number of nitrogens with one attached hydrogen (secondary N) is 2. The maximum absolute atomic E-state index is 12.9. The number of rotatable bonds is 5. The standard InChI is InChI=1S/C24H32N6O3/c1-18-7-9-24(10-8-18)22(32)30(23(33)26-24)27-21(31)17-29-12-2-11-28(13-14-29)16-20-5-3-19(15-25)4-6-20/h3-6,18H,2,7-14,16-17H2,1H3,(H,26,33)(H,27,31). The number of carbonyl (C=O) groups excluding carboxylic acids is 3. The van der Waals surface area contributed by atoms with Crippen LogP contribution >= 0.6 is 0 Å². The number of carbonyl (C=O) groups is 3. The Morgan fingerprint density at radius 3 is 2.48 bits per heavy atom. The van der Waals surface area contributed by atoms with Crippen LogP contribution < -0.4 is 10.7 Å². The maximum Gasteiger partial charge on any atom is 0.344 e. The number of imide groups is 1. The quantitative estimate of drug-likeness (QED) is 0.657. The lowest BCUT2D eigenvalue weighted by atomic mass is 9.77. The van der Waals surface area contributed by atoms with Gasteiger partial charge in [-0.15, -0.1) is 0 Å². The lowest BCUT2D eigenvalue weighted by Gasteiger charge is -2.33. The Bertz CT molecular complexity index is 933. The molecule has 0 bridgehead atoms. The van der Waals surface area contributed by atoms with Crippen LogP contribution in [0.15, 0.2) is 24.3 Å². The summed E-state index contributed by atoms with van der Waals surface area (Å²) in [7, 11) is 0. The summed E-state index contributed by atoms with van der Waals surface area (Å²) >= 11 is 0. The fourth-order valence-corrected chi connectivity index (χ4v) is 4.96. The molecule has 1 aromatic rings. The average molecular weight is 453 g/mol. The molecule has 2 saturated heterocycles.